The Bertz CT molecular complexity index is 636. The zero-order valence-electron chi connectivity index (χ0n) is 15.2. The van der Waals surface area contributed by atoms with Crippen LogP contribution in [0.25, 0.3) is 0 Å². The molecular formula is C20H28N2O3. The zero-order valence-corrected chi connectivity index (χ0v) is 15.2. The van der Waals surface area contributed by atoms with Crippen molar-refractivity contribution in [2.45, 2.75) is 64.8 Å². The van der Waals surface area contributed by atoms with Gasteiger partial charge in [-0.15, -0.1) is 0 Å². The van der Waals surface area contributed by atoms with Crippen LogP contribution in [0.4, 0.5) is 11.4 Å². The predicted molar refractivity (Wildman–Crippen MR) is 99.0 cm³/mol. The highest BCUT2D eigenvalue weighted by Gasteiger charge is 2.28. The summed E-state index contributed by atoms with van der Waals surface area (Å²) in [7, 11) is 0. The largest absolute Gasteiger partial charge is 0.482 e. The number of amides is 2. The summed E-state index contributed by atoms with van der Waals surface area (Å²) in [6.45, 7) is 4.02. The molecule has 0 spiro atoms. The summed E-state index contributed by atoms with van der Waals surface area (Å²) in [5.74, 6) is 1.38. The molecule has 1 saturated carbocycles. The van der Waals surface area contributed by atoms with Gasteiger partial charge in [-0.3, -0.25) is 9.59 Å². The molecule has 1 aliphatic heterocycles. The van der Waals surface area contributed by atoms with E-state index in [4.69, 9.17) is 4.74 Å². The number of carbonyl (C=O) groups is 2. The maximum absolute atomic E-state index is 12.3. The third-order valence-corrected chi connectivity index (χ3v) is 5.14. The summed E-state index contributed by atoms with van der Waals surface area (Å²) >= 11 is 0. The Labute approximate surface area is 149 Å². The fourth-order valence-electron chi connectivity index (χ4n) is 3.85. The molecule has 1 aliphatic carbocycles. The Morgan fingerprint density at radius 3 is 2.76 bits per heavy atom. The topological polar surface area (TPSA) is 58.6 Å². The number of fused-ring (bicyclic) bond motifs is 1. The van der Waals surface area contributed by atoms with Crippen LogP contribution < -0.4 is 15.0 Å². The van der Waals surface area contributed by atoms with Crippen LogP contribution >= 0.6 is 0 Å². The molecule has 136 valence electrons. The van der Waals surface area contributed by atoms with Crippen LogP contribution in [0.2, 0.25) is 0 Å². The second kappa shape index (κ2) is 7.89. The minimum atomic E-state index is -0.0525. The number of carbonyl (C=O) groups excluding carboxylic acids is 2. The summed E-state index contributed by atoms with van der Waals surface area (Å²) in [4.78, 5) is 26.1. The number of ether oxygens (including phenoxy) is 1. The van der Waals surface area contributed by atoms with Crippen LogP contribution in [0.3, 0.4) is 0 Å². The van der Waals surface area contributed by atoms with E-state index in [0.717, 1.165) is 17.8 Å². The number of anilines is 2. The number of benzene rings is 1. The van der Waals surface area contributed by atoms with Crippen LogP contribution in [-0.2, 0) is 9.59 Å². The molecule has 1 N–H and O–H groups in total. The Morgan fingerprint density at radius 2 is 2.04 bits per heavy atom. The number of hydrogen-bond donors (Lipinski definition) is 1. The zero-order chi connectivity index (χ0) is 17.8. The van der Waals surface area contributed by atoms with Gasteiger partial charge >= 0.3 is 0 Å². The lowest BCUT2D eigenvalue weighted by molar-refractivity contribution is -0.121. The highest BCUT2D eigenvalue weighted by atomic mass is 16.5. The Hall–Kier alpha value is -2.04. The van der Waals surface area contributed by atoms with Gasteiger partial charge in [0.25, 0.3) is 5.91 Å². The number of hydrogen-bond acceptors (Lipinski definition) is 3. The molecule has 3 rings (SSSR count). The van der Waals surface area contributed by atoms with Crippen molar-refractivity contribution in [2.75, 3.05) is 16.8 Å². The summed E-state index contributed by atoms with van der Waals surface area (Å²) in [5, 5.41) is 2.97. The molecule has 0 aromatic heterocycles. The molecule has 1 fully saturated rings. The van der Waals surface area contributed by atoms with Gasteiger partial charge < -0.3 is 15.0 Å². The quantitative estimate of drug-likeness (QED) is 0.874. The van der Waals surface area contributed by atoms with Crippen molar-refractivity contribution in [3.63, 3.8) is 0 Å². The van der Waals surface area contributed by atoms with Gasteiger partial charge in [0, 0.05) is 18.2 Å². The molecule has 1 heterocycles. The first-order valence-corrected chi connectivity index (χ1v) is 9.43. The number of nitrogens with zero attached hydrogens (tertiary/aromatic N) is 1. The number of nitrogens with one attached hydrogen (secondary N) is 1. The fourth-order valence-corrected chi connectivity index (χ4v) is 3.85. The van der Waals surface area contributed by atoms with Crippen molar-refractivity contribution in [1.29, 1.82) is 0 Å². The normalized spacial score (nSPS) is 18.0. The van der Waals surface area contributed by atoms with Crippen LogP contribution in [0.5, 0.6) is 5.75 Å². The maximum atomic E-state index is 12.3. The van der Waals surface area contributed by atoms with E-state index in [-0.39, 0.29) is 24.5 Å². The third-order valence-electron chi connectivity index (χ3n) is 5.14. The molecule has 0 saturated heterocycles. The summed E-state index contributed by atoms with van der Waals surface area (Å²) in [6, 6.07) is 5.55. The van der Waals surface area contributed by atoms with E-state index in [0.29, 0.717) is 18.1 Å². The van der Waals surface area contributed by atoms with Crippen molar-refractivity contribution in [3.8, 4) is 5.75 Å². The fraction of sp³-hybridized carbons (Fsp3) is 0.600. The van der Waals surface area contributed by atoms with Crippen LogP contribution in [0, 0.1) is 5.92 Å². The molecule has 0 radical (unpaired) electrons. The first-order chi connectivity index (χ1) is 12.0. The van der Waals surface area contributed by atoms with Crippen LogP contribution in [-0.4, -0.2) is 24.5 Å². The van der Waals surface area contributed by atoms with Crippen LogP contribution in [0.1, 0.15) is 58.8 Å². The number of rotatable bonds is 5. The van der Waals surface area contributed by atoms with Crippen molar-refractivity contribution >= 4 is 23.2 Å². The molecule has 5 heteroatoms. The molecule has 0 unspecified atom stereocenters. The van der Waals surface area contributed by atoms with Gasteiger partial charge in [-0.2, -0.15) is 0 Å². The van der Waals surface area contributed by atoms with E-state index in [1.54, 1.807) is 4.90 Å². The van der Waals surface area contributed by atoms with E-state index < -0.39 is 0 Å². The van der Waals surface area contributed by atoms with E-state index in [9.17, 15) is 9.59 Å². The lowest BCUT2D eigenvalue weighted by Crippen LogP contribution is -2.43. The van der Waals surface area contributed by atoms with Gasteiger partial charge in [-0.25, -0.2) is 0 Å². The monoisotopic (exact) mass is 344 g/mol. The minimum Gasteiger partial charge on any atom is -0.482 e. The Morgan fingerprint density at radius 1 is 1.28 bits per heavy atom. The highest BCUT2D eigenvalue weighted by molar-refractivity contribution is 6.00. The first kappa shape index (κ1) is 17.8. The van der Waals surface area contributed by atoms with Crippen molar-refractivity contribution in [1.82, 2.24) is 0 Å². The Balaban J connectivity index is 1.63. The lowest BCUT2D eigenvalue weighted by atomic mass is 9.86. The highest BCUT2D eigenvalue weighted by Crippen LogP contribution is 2.36. The Kier molecular flexibility index (Phi) is 5.61. The third kappa shape index (κ3) is 4.33. The predicted octanol–water partition coefficient (Wildman–Crippen LogP) is 4.12. The molecule has 0 bridgehead atoms. The molecule has 25 heavy (non-hydrogen) atoms. The second-order valence-corrected chi connectivity index (χ2v) is 7.42. The molecule has 2 amide bonds. The second-order valence-electron chi connectivity index (χ2n) is 7.42. The molecular weight excluding hydrogens is 316 g/mol. The van der Waals surface area contributed by atoms with Gasteiger partial charge in [0.2, 0.25) is 5.91 Å². The van der Waals surface area contributed by atoms with Gasteiger partial charge in [0.15, 0.2) is 6.61 Å². The summed E-state index contributed by atoms with van der Waals surface area (Å²) in [6.07, 6.45) is 7.99. The average molecular weight is 344 g/mol. The van der Waals surface area contributed by atoms with E-state index in [2.05, 4.69) is 5.32 Å². The molecule has 5 nitrogen and oxygen atoms in total. The SMILES string of the molecule is CC(C)N1C(=O)COc2ccc(NC(=O)CCC3CCCCC3)cc21. The minimum absolute atomic E-state index is 0.0460. The van der Waals surface area contributed by atoms with E-state index in [1.165, 1.54) is 32.1 Å². The summed E-state index contributed by atoms with van der Waals surface area (Å²) < 4.78 is 5.50. The maximum Gasteiger partial charge on any atom is 0.265 e. The standard InChI is InChI=1S/C20H28N2O3/c1-14(2)22-17-12-16(9-10-18(17)25-13-20(22)24)21-19(23)11-8-15-6-4-3-5-7-15/h9-10,12,14-15H,3-8,11,13H2,1-2H3,(H,21,23). The molecule has 0 atom stereocenters. The van der Waals surface area contributed by atoms with E-state index >= 15 is 0 Å². The lowest BCUT2D eigenvalue weighted by Gasteiger charge is -2.32. The van der Waals surface area contributed by atoms with E-state index in [1.807, 2.05) is 32.0 Å². The first-order valence-electron chi connectivity index (χ1n) is 9.43. The van der Waals surface area contributed by atoms with Gasteiger partial charge in [0.1, 0.15) is 5.75 Å². The molecule has 1 aromatic carbocycles. The van der Waals surface area contributed by atoms with Crippen molar-refractivity contribution < 1.29 is 14.3 Å². The van der Waals surface area contributed by atoms with Gasteiger partial charge in [0.05, 0.1) is 5.69 Å². The average Bonchev–Trinajstić information content (AvgIpc) is 2.60. The smallest absolute Gasteiger partial charge is 0.265 e. The van der Waals surface area contributed by atoms with Crippen molar-refractivity contribution in [3.05, 3.63) is 18.2 Å². The molecule has 1 aromatic rings. The van der Waals surface area contributed by atoms with Gasteiger partial charge in [-0.05, 0) is 44.4 Å². The summed E-state index contributed by atoms with van der Waals surface area (Å²) in [5.41, 5.74) is 1.45. The van der Waals surface area contributed by atoms with Crippen molar-refractivity contribution in [2.24, 2.45) is 5.92 Å². The van der Waals surface area contributed by atoms with Crippen LogP contribution in [0.15, 0.2) is 18.2 Å². The molecule has 2 aliphatic rings. The van der Waals surface area contributed by atoms with Gasteiger partial charge in [-0.1, -0.05) is 32.1 Å².